The second-order valence-electron chi connectivity index (χ2n) is 4.15. The fourth-order valence-corrected chi connectivity index (χ4v) is 2.34. The van der Waals surface area contributed by atoms with Crippen molar-refractivity contribution in [2.24, 2.45) is 0 Å². The van der Waals surface area contributed by atoms with Crippen LogP contribution in [0.4, 0.5) is 0 Å². The molecule has 0 unspecified atom stereocenters. The number of aromatic nitrogens is 5. The van der Waals surface area contributed by atoms with Gasteiger partial charge in [-0.05, 0) is 37.6 Å². The molecule has 0 spiro atoms. The highest BCUT2D eigenvalue weighted by molar-refractivity contribution is 6.28. The molecule has 3 rings (SSSR count). The van der Waals surface area contributed by atoms with Crippen LogP contribution in [-0.4, -0.2) is 24.5 Å². The van der Waals surface area contributed by atoms with E-state index in [4.69, 9.17) is 11.6 Å². The van der Waals surface area contributed by atoms with Crippen LogP contribution in [0.3, 0.4) is 0 Å². The number of aryl methyl sites for hydroxylation is 2. The zero-order chi connectivity index (χ0) is 15.4. The Morgan fingerprint density at radius 1 is 1.10 bits per heavy atom. The molecule has 0 amide bonds. The Labute approximate surface area is 129 Å². The number of halogens is 1. The van der Waals surface area contributed by atoms with Gasteiger partial charge in [0, 0.05) is 24.5 Å². The molecule has 110 valence electrons. The molecule has 5 nitrogen and oxygen atoms in total. The summed E-state index contributed by atoms with van der Waals surface area (Å²) in [6.45, 7) is 8.80. The Hall–Kier alpha value is -2.01. The van der Waals surface area contributed by atoms with Gasteiger partial charge in [0.15, 0.2) is 5.65 Å². The average Bonchev–Trinajstić information content (AvgIpc) is 2.84. The van der Waals surface area contributed by atoms with Crippen LogP contribution >= 0.6 is 11.6 Å². The van der Waals surface area contributed by atoms with Gasteiger partial charge in [0.2, 0.25) is 5.28 Å². The van der Waals surface area contributed by atoms with Crippen molar-refractivity contribution in [3.05, 3.63) is 35.6 Å². The predicted molar refractivity (Wildman–Crippen MR) is 85.3 cm³/mol. The molecule has 0 radical (unpaired) electrons. The molecule has 0 N–H and O–H groups in total. The molecule has 3 heterocycles. The van der Waals surface area contributed by atoms with E-state index in [1.54, 1.807) is 12.4 Å². The molecular formula is C15H18ClN5. The maximum atomic E-state index is 6.03. The van der Waals surface area contributed by atoms with Crippen molar-refractivity contribution in [3.63, 3.8) is 0 Å². The Balaban J connectivity index is 0.000000774. The van der Waals surface area contributed by atoms with E-state index >= 15 is 0 Å². The minimum atomic E-state index is 0.230. The van der Waals surface area contributed by atoms with E-state index in [0.717, 1.165) is 34.8 Å². The van der Waals surface area contributed by atoms with Gasteiger partial charge in [-0.3, -0.25) is 4.98 Å². The molecule has 0 aromatic carbocycles. The minimum absolute atomic E-state index is 0.230. The van der Waals surface area contributed by atoms with E-state index in [0.29, 0.717) is 0 Å². The first-order chi connectivity index (χ1) is 10.2. The molecule has 0 fully saturated rings. The number of pyridine rings is 1. The standard InChI is InChI=1S/C13H12ClN5.C2H6/c1-3-19-8(2)16-11-10(9-4-6-15-7-5-9)17-13(14)18-12(11)19;1-2/h4-7H,3H2,1-2H3;1-2H3. The van der Waals surface area contributed by atoms with Gasteiger partial charge in [0.25, 0.3) is 0 Å². The fourth-order valence-electron chi connectivity index (χ4n) is 2.17. The lowest BCUT2D eigenvalue weighted by molar-refractivity contribution is 0.745. The molecule has 0 saturated heterocycles. The highest BCUT2D eigenvalue weighted by atomic mass is 35.5. The van der Waals surface area contributed by atoms with E-state index in [1.165, 1.54) is 0 Å². The Kier molecular flexibility index (Phi) is 4.85. The summed E-state index contributed by atoms with van der Waals surface area (Å²) >= 11 is 6.03. The van der Waals surface area contributed by atoms with Crippen LogP contribution < -0.4 is 0 Å². The Morgan fingerprint density at radius 3 is 2.38 bits per heavy atom. The van der Waals surface area contributed by atoms with E-state index in [2.05, 4.69) is 26.9 Å². The quantitative estimate of drug-likeness (QED) is 0.674. The van der Waals surface area contributed by atoms with Gasteiger partial charge in [-0.1, -0.05) is 13.8 Å². The van der Waals surface area contributed by atoms with Crippen molar-refractivity contribution < 1.29 is 0 Å². The summed E-state index contributed by atoms with van der Waals surface area (Å²) in [6.07, 6.45) is 3.45. The molecule has 6 heteroatoms. The molecule has 0 atom stereocenters. The molecular weight excluding hydrogens is 286 g/mol. The summed E-state index contributed by atoms with van der Waals surface area (Å²) in [5.74, 6) is 0.907. The molecule has 3 aromatic rings. The van der Waals surface area contributed by atoms with E-state index in [1.807, 2.05) is 37.5 Å². The van der Waals surface area contributed by atoms with Crippen LogP contribution in [-0.2, 0) is 6.54 Å². The summed E-state index contributed by atoms with van der Waals surface area (Å²) in [7, 11) is 0. The lowest BCUT2D eigenvalue weighted by Gasteiger charge is -2.04. The monoisotopic (exact) mass is 303 g/mol. The van der Waals surface area contributed by atoms with Gasteiger partial charge in [0.1, 0.15) is 17.0 Å². The Morgan fingerprint density at radius 2 is 1.76 bits per heavy atom. The normalized spacial score (nSPS) is 10.3. The predicted octanol–water partition coefficient (Wildman–Crippen LogP) is 3.90. The Bertz CT molecular complexity index is 737. The average molecular weight is 304 g/mol. The van der Waals surface area contributed by atoms with Gasteiger partial charge >= 0.3 is 0 Å². The van der Waals surface area contributed by atoms with Gasteiger partial charge < -0.3 is 4.57 Å². The number of hydrogen-bond donors (Lipinski definition) is 0. The third-order valence-corrected chi connectivity index (χ3v) is 3.20. The molecule has 0 aliphatic rings. The lowest BCUT2D eigenvalue weighted by Crippen LogP contribution is -1.99. The third-order valence-electron chi connectivity index (χ3n) is 3.03. The van der Waals surface area contributed by atoms with Crippen molar-refractivity contribution in [1.82, 2.24) is 24.5 Å². The summed E-state index contributed by atoms with van der Waals surface area (Å²) < 4.78 is 2.02. The molecule has 3 aromatic heterocycles. The van der Waals surface area contributed by atoms with E-state index in [9.17, 15) is 0 Å². The van der Waals surface area contributed by atoms with Crippen molar-refractivity contribution in [1.29, 1.82) is 0 Å². The van der Waals surface area contributed by atoms with Crippen LogP contribution in [0.2, 0.25) is 5.28 Å². The van der Waals surface area contributed by atoms with Crippen molar-refractivity contribution >= 4 is 22.8 Å². The van der Waals surface area contributed by atoms with Crippen LogP contribution in [0.25, 0.3) is 22.4 Å². The molecule has 0 aliphatic carbocycles. The molecule has 0 aliphatic heterocycles. The van der Waals surface area contributed by atoms with E-state index < -0.39 is 0 Å². The zero-order valence-electron chi connectivity index (χ0n) is 12.6. The largest absolute Gasteiger partial charge is 0.313 e. The fraction of sp³-hybridized carbons (Fsp3) is 0.333. The summed E-state index contributed by atoms with van der Waals surface area (Å²) in [5, 5.41) is 0.230. The van der Waals surface area contributed by atoms with Crippen LogP contribution in [0.5, 0.6) is 0 Å². The van der Waals surface area contributed by atoms with Crippen LogP contribution in [0.15, 0.2) is 24.5 Å². The van der Waals surface area contributed by atoms with E-state index in [-0.39, 0.29) is 5.28 Å². The maximum absolute atomic E-state index is 6.03. The van der Waals surface area contributed by atoms with Crippen LogP contribution in [0.1, 0.15) is 26.6 Å². The van der Waals surface area contributed by atoms with Gasteiger partial charge in [-0.2, -0.15) is 4.98 Å². The van der Waals surface area contributed by atoms with Crippen LogP contribution in [0, 0.1) is 6.92 Å². The summed E-state index contributed by atoms with van der Waals surface area (Å²) in [4.78, 5) is 17.2. The van der Waals surface area contributed by atoms with Crippen molar-refractivity contribution in [2.45, 2.75) is 34.2 Å². The number of fused-ring (bicyclic) bond motifs is 1. The topological polar surface area (TPSA) is 56.5 Å². The van der Waals surface area contributed by atoms with Crippen molar-refractivity contribution in [3.8, 4) is 11.3 Å². The molecule has 0 bridgehead atoms. The van der Waals surface area contributed by atoms with Gasteiger partial charge in [-0.25, -0.2) is 9.97 Å². The molecule has 21 heavy (non-hydrogen) atoms. The second kappa shape index (κ2) is 6.63. The lowest BCUT2D eigenvalue weighted by atomic mass is 10.2. The second-order valence-corrected chi connectivity index (χ2v) is 4.49. The number of hydrogen-bond acceptors (Lipinski definition) is 4. The SMILES string of the molecule is CC.CCn1c(C)nc2c(-c3ccncc3)nc(Cl)nc21. The van der Waals surface area contributed by atoms with Crippen molar-refractivity contribution in [2.75, 3.05) is 0 Å². The highest BCUT2D eigenvalue weighted by Gasteiger charge is 2.15. The third kappa shape index (κ3) is 2.88. The maximum Gasteiger partial charge on any atom is 0.225 e. The zero-order valence-corrected chi connectivity index (χ0v) is 13.4. The summed E-state index contributed by atoms with van der Waals surface area (Å²) in [5.41, 5.74) is 3.22. The molecule has 0 saturated carbocycles. The number of imidazole rings is 1. The first-order valence-electron chi connectivity index (χ1n) is 7.01. The van der Waals surface area contributed by atoms with Gasteiger partial charge in [0.05, 0.1) is 0 Å². The van der Waals surface area contributed by atoms with Gasteiger partial charge in [-0.15, -0.1) is 0 Å². The first kappa shape index (κ1) is 15.4. The minimum Gasteiger partial charge on any atom is -0.313 e. The summed E-state index contributed by atoms with van der Waals surface area (Å²) in [6, 6.07) is 3.77. The first-order valence-corrected chi connectivity index (χ1v) is 7.39. The smallest absolute Gasteiger partial charge is 0.225 e. The number of rotatable bonds is 2. The number of nitrogens with zero attached hydrogens (tertiary/aromatic N) is 5. The highest BCUT2D eigenvalue weighted by Crippen LogP contribution is 2.26.